The molecule has 27 heavy (non-hydrogen) atoms. The fourth-order valence-electron chi connectivity index (χ4n) is 4.49. The number of piperidine rings is 1. The molecule has 0 aromatic carbocycles. The standard InChI is InChI=1S/C20H28N6O/c1-2-4-18-17(13-23-24-18)19(27)26-12-7-16(14-26)15-5-10-25(11-6-15)20-21-8-3-9-22-20/h3,8-9,13,15-16H,2,4-7,10-12,14H2,1H3,(H,23,24). The van der Waals surface area contributed by atoms with Gasteiger partial charge in [0.05, 0.1) is 11.8 Å². The van der Waals surface area contributed by atoms with Crippen LogP contribution in [0.1, 0.15) is 48.7 Å². The topological polar surface area (TPSA) is 78.0 Å². The first-order chi connectivity index (χ1) is 13.3. The van der Waals surface area contributed by atoms with Gasteiger partial charge in [0.15, 0.2) is 0 Å². The normalized spacial score (nSPS) is 21.0. The van der Waals surface area contributed by atoms with Crippen LogP contribution in [0.3, 0.4) is 0 Å². The van der Waals surface area contributed by atoms with E-state index in [-0.39, 0.29) is 5.91 Å². The molecule has 2 aromatic heterocycles. The Hall–Kier alpha value is -2.44. The summed E-state index contributed by atoms with van der Waals surface area (Å²) in [6.07, 6.45) is 10.6. The van der Waals surface area contributed by atoms with Crippen molar-refractivity contribution in [2.24, 2.45) is 11.8 Å². The second-order valence-electron chi connectivity index (χ2n) is 7.69. The summed E-state index contributed by atoms with van der Waals surface area (Å²) < 4.78 is 0. The van der Waals surface area contributed by atoms with Crippen LogP contribution in [0.2, 0.25) is 0 Å². The maximum atomic E-state index is 12.9. The van der Waals surface area contributed by atoms with Crippen molar-refractivity contribution in [3.63, 3.8) is 0 Å². The summed E-state index contributed by atoms with van der Waals surface area (Å²) in [5.74, 6) is 2.27. The van der Waals surface area contributed by atoms with E-state index in [1.54, 1.807) is 18.6 Å². The molecule has 1 unspecified atom stereocenters. The molecule has 4 rings (SSSR count). The molecule has 1 atom stereocenters. The van der Waals surface area contributed by atoms with Crippen molar-refractivity contribution in [2.75, 3.05) is 31.1 Å². The van der Waals surface area contributed by atoms with Crippen LogP contribution in [0.25, 0.3) is 0 Å². The van der Waals surface area contributed by atoms with Crippen LogP contribution < -0.4 is 4.90 Å². The highest BCUT2D eigenvalue weighted by Crippen LogP contribution is 2.33. The number of aryl methyl sites for hydroxylation is 1. The van der Waals surface area contributed by atoms with Crippen LogP contribution >= 0.6 is 0 Å². The van der Waals surface area contributed by atoms with E-state index < -0.39 is 0 Å². The zero-order valence-corrected chi connectivity index (χ0v) is 16.0. The third-order valence-electron chi connectivity index (χ3n) is 6.00. The first kappa shape index (κ1) is 17.9. The van der Waals surface area contributed by atoms with Crippen molar-refractivity contribution in [3.8, 4) is 0 Å². The zero-order chi connectivity index (χ0) is 18.6. The molecule has 1 N–H and O–H groups in total. The molecule has 0 bridgehead atoms. The fourth-order valence-corrected chi connectivity index (χ4v) is 4.49. The molecule has 7 nitrogen and oxygen atoms in total. The number of rotatable bonds is 5. The number of carbonyl (C=O) groups excluding carboxylic acids is 1. The van der Waals surface area contributed by atoms with E-state index in [1.807, 2.05) is 11.0 Å². The van der Waals surface area contributed by atoms with Crippen LogP contribution in [0.4, 0.5) is 5.95 Å². The van der Waals surface area contributed by atoms with Crippen molar-refractivity contribution in [3.05, 3.63) is 35.9 Å². The molecule has 0 spiro atoms. The van der Waals surface area contributed by atoms with Gasteiger partial charge in [0.25, 0.3) is 5.91 Å². The third-order valence-corrected chi connectivity index (χ3v) is 6.00. The molecule has 4 heterocycles. The van der Waals surface area contributed by atoms with E-state index in [4.69, 9.17) is 0 Å². The highest BCUT2D eigenvalue weighted by Gasteiger charge is 2.35. The minimum atomic E-state index is 0.143. The van der Waals surface area contributed by atoms with Crippen molar-refractivity contribution in [1.29, 1.82) is 0 Å². The van der Waals surface area contributed by atoms with E-state index >= 15 is 0 Å². The number of amides is 1. The number of nitrogens with one attached hydrogen (secondary N) is 1. The lowest BCUT2D eigenvalue weighted by molar-refractivity contribution is 0.0779. The van der Waals surface area contributed by atoms with Gasteiger partial charge in [-0.3, -0.25) is 9.89 Å². The number of H-pyrrole nitrogens is 1. The van der Waals surface area contributed by atoms with Crippen molar-refractivity contribution < 1.29 is 4.79 Å². The molecule has 7 heteroatoms. The number of anilines is 1. The van der Waals surface area contributed by atoms with Gasteiger partial charge in [-0.1, -0.05) is 13.3 Å². The summed E-state index contributed by atoms with van der Waals surface area (Å²) in [5.41, 5.74) is 1.73. The molecule has 0 radical (unpaired) electrons. The first-order valence-electron chi connectivity index (χ1n) is 10.1. The van der Waals surface area contributed by atoms with Crippen molar-refractivity contribution in [2.45, 2.75) is 39.0 Å². The molecule has 0 aliphatic carbocycles. The summed E-state index contributed by atoms with van der Waals surface area (Å²) >= 11 is 0. The molecule has 2 aliphatic heterocycles. The Morgan fingerprint density at radius 1 is 1.15 bits per heavy atom. The predicted octanol–water partition coefficient (Wildman–Crippen LogP) is 2.53. The Morgan fingerprint density at radius 3 is 2.63 bits per heavy atom. The Bertz CT molecular complexity index is 753. The molecule has 0 saturated carbocycles. The Labute approximate surface area is 160 Å². The SMILES string of the molecule is CCCc1[nH]ncc1C(=O)N1CCC(C2CCN(c3ncccn3)CC2)C1. The average molecular weight is 368 g/mol. The number of aromatic nitrogens is 4. The molecule has 2 saturated heterocycles. The molecule has 2 fully saturated rings. The largest absolute Gasteiger partial charge is 0.341 e. The van der Waals surface area contributed by atoms with Crippen molar-refractivity contribution >= 4 is 11.9 Å². The molecule has 2 aromatic rings. The molecule has 1 amide bonds. The van der Waals surface area contributed by atoms with Gasteiger partial charge in [0.2, 0.25) is 5.95 Å². The predicted molar refractivity (Wildman–Crippen MR) is 104 cm³/mol. The second kappa shape index (κ2) is 8.06. The summed E-state index contributed by atoms with van der Waals surface area (Å²) in [6.45, 7) is 5.86. The highest BCUT2D eigenvalue weighted by atomic mass is 16.2. The van der Waals surface area contributed by atoms with E-state index in [2.05, 4.69) is 32.0 Å². The third kappa shape index (κ3) is 3.82. The molecule has 144 valence electrons. The van der Waals surface area contributed by atoms with Gasteiger partial charge in [-0.25, -0.2) is 9.97 Å². The number of likely N-dealkylation sites (tertiary alicyclic amines) is 1. The maximum absolute atomic E-state index is 12.9. The number of carbonyl (C=O) groups is 1. The summed E-state index contributed by atoms with van der Waals surface area (Å²) in [6, 6.07) is 1.85. The lowest BCUT2D eigenvalue weighted by Gasteiger charge is -2.34. The Kier molecular flexibility index (Phi) is 5.36. The van der Waals surface area contributed by atoms with Gasteiger partial charge in [-0.05, 0) is 43.6 Å². The number of nitrogens with zero attached hydrogens (tertiary/aromatic N) is 5. The second-order valence-corrected chi connectivity index (χ2v) is 7.69. The number of hydrogen-bond donors (Lipinski definition) is 1. The molecular weight excluding hydrogens is 340 g/mol. The fraction of sp³-hybridized carbons (Fsp3) is 0.600. The van der Waals surface area contributed by atoms with Crippen LogP contribution in [0.15, 0.2) is 24.7 Å². The minimum absolute atomic E-state index is 0.143. The van der Waals surface area contributed by atoms with Gasteiger partial charge >= 0.3 is 0 Å². The lowest BCUT2D eigenvalue weighted by atomic mass is 9.84. The van der Waals surface area contributed by atoms with Crippen LogP contribution in [-0.2, 0) is 6.42 Å². The van der Waals surface area contributed by atoms with E-state index in [1.165, 1.54) is 0 Å². The zero-order valence-electron chi connectivity index (χ0n) is 16.0. The van der Waals surface area contributed by atoms with Crippen LogP contribution in [0.5, 0.6) is 0 Å². The van der Waals surface area contributed by atoms with Crippen molar-refractivity contribution in [1.82, 2.24) is 25.1 Å². The van der Waals surface area contributed by atoms with Gasteiger partial charge in [-0.2, -0.15) is 5.10 Å². The van der Waals surface area contributed by atoms with Crippen LogP contribution in [0, 0.1) is 11.8 Å². The van der Waals surface area contributed by atoms with E-state index in [0.717, 1.165) is 75.5 Å². The Morgan fingerprint density at radius 2 is 1.89 bits per heavy atom. The van der Waals surface area contributed by atoms with Gasteiger partial charge < -0.3 is 9.80 Å². The summed E-state index contributed by atoms with van der Waals surface area (Å²) in [5, 5.41) is 7.08. The van der Waals surface area contributed by atoms with Crippen LogP contribution in [-0.4, -0.2) is 57.2 Å². The van der Waals surface area contributed by atoms with E-state index in [9.17, 15) is 4.79 Å². The minimum Gasteiger partial charge on any atom is -0.341 e. The maximum Gasteiger partial charge on any atom is 0.257 e. The highest BCUT2D eigenvalue weighted by molar-refractivity contribution is 5.95. The first-order valence-corrected chi connectivity index (χ1v) is 10.1. The van der Waals surface area contributed by atoms with E-state index in [0.29, 0.717) is 11.8 Å². The molecular formula is C20H28N6O. The summed E-state index contributed by atoms with van der Waals surface area (Å²) in [4.78, 5) is 25.9. The quantitative estimate of drug-likeness (QED) is 0.877. The Balaban J connectivity index is 1.32. The van der Waals surface area contributed by atoms with Gasteiger partial charge in [0, 0.05) is 44.3 Å². The lowest BCUT2D eigenvalue weighted by Crippen LogP contribution is -2.38. The van der Waals surface area contributed by atoms with Gasteiger partial charge in [0.1, 0.15) is 0 Å². The number of hydrogen-bond acceptors (Lipinski definition) is 5. The monoisotopic (exact) mass is 368 g/mol. The smallest absolute Gasteiger partial charge is 0.257 e. The number of aromatic amines is 1. The molecule has 2 aliphatic rings. The summed E-state index contributed by atoms with van der Waals surface area (Å²) in [7, 11) is 0. The average Bonchev–Trinajstić information content (AvgIpc) is 3.39. The van der Waals surface area contributed by atoms with Gasteiger partial charge in [-0.15, -0.1) is 0 Å².